The molecule has 2 fully saturated rings. The van der Waals surface area contributed by atoms with Crippen LogP contribution >= 0.6 is 23.1 Å². The maximum absolute atomic E-state index is 12.0. The molecule has 0 unspecified atom stereocenters. The van der Waals surface area contributed by atoms with Crippen LogP contribution in [-0.4, -0.2) is 22.5 Å². The van der Waals surface area contributed by atoms with Crippen molar-refractivity contribution in [3.63, 3.8) is 0 Å². The summed E-state index contributed by atoms with van der Waals surface area (Å²) in [5.74, 6) is 3.03. The number of fused-ring (bicyclic) bond motifs is 6. The first kappa shape index (κ1) is 14.9. The summed E-state index contributed by atoms with van der Waals surface area (Å²) >= 11 is 3.25. The molecule has 1 aromatic heterocycles. The van der Waals surface area contributed by atoms with Crippen LogP contribution < -0.4 is 9.61 Å². The molecule has 6 heteroatoms. The zero-order chi connectivity index (χ0) is 16.4. The van der Waals surface area contributed by atoms with Crippen LogP contribution in [0.1, 0.15) is 35.6 Å². The highest BCUT2D eigenvalue weighted by molar-refractivity contribution is 8.00. The first-order chi connectivity index (χ1) is 11.7. The molecule has 5 rings (SSSR count). The minimum absolute atomic E-state index is 0.0376. The summed E-state index contributed by atoms with van der Waals surface area (Å²) in [5, 5.41) is 11.6. The zero-order valence-electron chi connectivity index (χ0n) is 13.3. The van der Waals surface area contributed by atoms with Gasteiger partial charge in [-0.3, -0.25) is 4.79 Å². The highest BCUT2D eigenvalue weighted by atomic mass is 32.2. The molecule has 2 heterocycles. The van der Waals surface area contributed by atoms with Crippen LogP contribution in [0.25, 0.3) is 0 Å². The number of nitrogens with one attached hydrogen (secondary N) is 1. The second kappa shape index (κ2) is 5.30. The van der Waals surface area contributed by atoms with E-state index in [1.54, 1.807) is 13.2 Å². The predicted molar refractivity (Wildman–Crippen MR) is 95.4 cm³/mol. The number of rotatable bonds is 2. The monoisotopic (exact) mass is 361 g/mol. The van der Waals surface area contributed by atoms with Crippen molar-refractivity contribution in [1.29, 1.82) is 0 Å². The van der Waals surface area contributed by atoms with Gasteiger partial charge >= 0.3 is 4.87 Å². The van der Waals surface area contributed by atoms with Gasteiger partial charge in [0.25, 0.3) is 0 Å². The minimum atomic E-state index is 0.0376. The van der Waals surface area contributed by atoms with Gasteiger partial charge < -0.3 is 14.8 Å². The highest BCUT2D eigenvalue weighted by Crippen LogP contribution is 2.63. The Morgan fingerprint density at radius 2 is 2.12 bits per heavy atom. The number of thioether (sulfide) groups is 1. The molecule has 0 saturated heterocycles. The quantitative estimate of drug-likeness (QED) is 0.854. The fourth-order valence-electron chi connectivity index (χ4n) is 5.11. The SMILES string of the molecule is COc1cc([C@@H]2c3sc(=O)[nH]c3S[C@H]3[C@H]4CC[C@H](C4)[C@@H]23)ccc1O. The standard InChI is InChI=1S/C18H19NO3S2/c1-22-12-7-9(4-5-11(12)20)14-13-8-2-3-10(6-8)15(13)23-17-16(14)24-18(21)19-17/h4-5,7-8,10,13-15,20H,2-3,6H2,1H3,(H,19,21)/t8-,10+,13+,14+,15+/m1/s1. The van der Waals surface area contributed by atoms with Crippen LogP contribution in [0.3, 0.4) is 0 Å². The normalized spacial score (nSPS) is 33.3. The van der Waals surface area contributed by atoms with E-state index in [1.807, 2.05) is 23.9 Å². The second-order valence-corrected chi connectivity index (χ2v) is 9.31. The molecular weight excluding hydrogens is 342 g/mol. The van der Waals surface area contributed by atoms with Crippen molar-refractivity contribution in [3.8, 4) is 11.5 Å². The van der Waals surface area contributed by atoms with Gasteiger partial charge in [0.15, 0.2) is 11.5 Å². The molecule has 2 saturated carbocycles. The van der Waals surface area contributed by atoms with Gasteiger partial charge in [0.05, 0.1) is 12.1 Å². The van der Waals surface area contributed by atoms with Crippen molar-refractivity contribution in [2.75, 3.05) is 7.11 Å². The summed E-state index contributed by atoms with van der Waals surface area (Å²) in [4.78, 5) is 16.3. The Kier molecular flexibility index (Phi) is 3.29. The third-order valence-corrected chi connectivity index (χ3v) is 8.65. The lowest BCUT2D eigenvalue weighted by atomic mass is 9.75. The highest BCUT2D eigenvalue weighted by Gasteiger charge is 2.54. The van der Waals surface area contributed by atoms with E-state index < -0.39 is 0 Å². The van der Waals surface area contributed by atoms with Gasteiger partial charge in [0.1, 0.15) is 0 Å². The maximum Gasteiger partial charge on any atom is 0.305 e. The Morgan fingerprint density at radius 3 is 2.96 bits per heavy atom. The number of phenolic OH excluding ortho intramolecular Hbond substituents is 1. The van der Waals surface area contributed by atoms with Gasteiger partial charge in [0.2, 0.25) is 0 Å². The average molecular weight is 361 g/mol. The topological polar surface area (TPSA) is 62.3 Å². The summed E-state index contributed by atoms with van der Waals surface area (Å²) in [6.07, 6.45) is 3.97. The van der Waals surface area contributed by atoms with E-state index in [4.69, 9.17) is 4.74 Å². The molecule has 126 valence electrons. The number of aromatic hydroxyl groups is 1. The molecule has 2 bridgehead atoms. The summed E-state index contributed by atoms with van der Waals surface area (Å²) < 4.78 is 5.32. The largest absolute Gasteiger partial charge is 0.504 e. The number of hydrogen-bond acceptors (Lipinski definition) is 5. The number of phenols is 1. The Morgan fingerprint density at radius 1 is 1.29 bits per heavy atom. The van der Waals surface area contributed by atoms with Crippen molar-refractivity contribution in [2.24, 2.45) is 17.8 Å². The number of H-pyrrole nitrogens is 1. The zero-order valence-corrected chi connectivity index (χ0v) is 15.0. The number of hydrogen-bond donors (Lipinski definition) is 2. The Balaban J connectivity index is 1.68. The Hall–Kier alpha value is -1.40. The van der Waals surface area contributed by atoms with E-state index in [-0.39, 0.29) is 16.5 Å². The molecule has 3 aliphatic rings. The van der Waals surface area contributed by atoms with Crippen molar-refractivity contribution < 1.29 is 9.84 Å². The molecule has 0 radical (unpaired) electrons. The number of thiazole rings is 1. The lowest BCUT2D eigenvalue weighted by Gasteiger charge is -2.40. The van der Waals surface area contributed by atoms with Gasteiger partial charge in [-0.15, -0.1) is 11.8 Å². The molecule has 2 aromatic rings. The van der Waals surface area contributed by atoms with Gasteiger partial charge in [-0.2, -0.15) is 0 Å². The van der Waals surface area contributed by atoms with E-state index in [9.17, 15) is 9.90 Å². The van der Waals surface area contributed by atoms with Crippen molar-refractivity contribution in [3.05, 3.63) is 38.3 Å². The molecule has 5 atom stereocenters. The van der Waals surface area contributed by atoms with Gasteiger partial charge in [-0.05, 0) is 54.7 Å². The molecule has 2 N–H and O–H groups in total. The number of ether oxygens (including phenoxy) is 1. The number of aromatic amines is 1. The van der Waals surface area contributed by atoms with Crippen LogP contribution in [0.5, 0.6) is 11.5 Å². The van der Waals surface area contributed by atoms with E-state index in [0.717, 1.165) is 22.4 Å². The fourth-order valence-corrected chi connectivity index (χ4v) is 8.00. The first-order valence-corrected chi connectivity index (χ1v) is 10.1. The molecular formula is C18H19NO3S2. The van der Waals surface area contributed by atoms with Crippen LogP contribution in [0.2, 0.25) is 0 Å². The van der Waals surface area contributed by atoms with E-state index in [1.165, 1.54) is 35.5 Å². The number of methoxy groups -OCH3 is 1. The number of benzene rings is 1. The van der Waals surface area contributed by atoms with Gasteiger partial charge in [-0.25, -0.2) is 0 Å². The summed E-state index contributed by atoms with van der Waals surface area (Å²) in [6.45, 7) is 0. The fraction of sp³-hybridized carbons (Fsp3) is 0.500. The van der Waals surface area contributed by atoms with Crippen LogP contribution in [0.15, 0.2) is 28.0 Å². The molecule has 1 aromatic carbocycles. The van der Waals surface area contributed by atoms with E-state index in [2.05, 4.69) is 4.98 Å². The smallest absolute Gasteiger partial charge is 0.305 e. The molecule has 2 aliphatic carbocycles. The van der Waals surface area contributed by atoms with E-state index in [0.29, 0.717) is 16.9 Å². The second-order valence-electron chi connectivity index (χ2n) is 7.11. The molecule has 4 nitrogen and oxygen atoms in total. The van der Waals surface area contributed by atoms with Crippen LogP contribution in [-0.2, 0) is 0 Å². The molecule has 1 aliphatic heterocycles. The Labute approximate surface area is 148 Å². The summed E-state index contributed by atoms with van der Waals surface area (Å²) in [6, 6.07) is 5.66. The lowest BCUT2D eigenvalue weighted by Crippen LogP contribution is -2.33. The van der Waals surface area contributed by atoms with Crippen molar-refractivity contribution in [1.82, 2.24) is 4.98 Å². The molecule has 24 heavy (non-hydrogen) atoms. The van der Waals surface area contributed by atoms with Gasteiger partial charge in [0, 0.05) is 16.0 Å². The number of aromatic nitrogens is 1. The minimum Gasteiger partial charge on any atom is -0.504 e. The van der Waals surface area contributed by atoms with Crippen molar-refractivity contribution in [2.45, 2.75) is 35.5 Å². The maximum atomic E-state index is 12.0. The average Bonchev–Trinajstić information content (AvgIpc) is 3.26. The van der Waals surface area contributed by atoms with Gasteiger partial charge in [-0.1, -0.05) is 17.4 Å². The van der Waals surface area contributed by atoms with Crippen LogP contribution in [0.4, 0.5) is 0 Å². The van der Waals surface area contributed by atoms with E-state index >= 15 is 0 Å². The lowest BCUT2D eigenvalue weighted by molar-refractivity contribution is 0.306. The van der Waals surface area contributed by atoms with Crippen LogP contribution in [0, 0.1) is 17.8 Å². The first-order valence-electron chi connectivity index (χ1n) is 8.42. The van der Waals surface area contributed by atoms with Crippen molar-refractivity contribution >= 4 is 23.1 Å². The predicted octanol–water partition coefficient (Wildman–Crippen LogP) is 3.80. The Bertz CT molecular complexity index is 858. The summed E-state index contributed by atoms with van der Waals surface area (Å²) in [7, 11) is 1.58. The third kappa shape index (κ3) is 2.02. The molecule has 0 spiro atoms. The summed E-state index contributed by atoms with van der Waals surface area (Å²) in [5.41, 5.74) is 1.16. The third-order valence-electron chi connectivity index (χ3n) is 6.03. The molecule has 0 amide bonds.